The summed E-state index contributed by atoms with van der Waals surface area (Å²) in [5, 5.41) is 9.05. The Kier molecular flexibility index (Phi) is 6.41. The molecule has 0 amide bonds. The van der Waals surface area contributed by atoms with Crippen molar-refractivity contribution in [2.45, 2.75) is 11.3 Å². The predicted octanol–water partition coefficient (Wildman–Crippen LogP) is 2.45. The van der Waals surface area contributed by atoms with Crippen LogP contribution in [0, 0.1) is 0 Å². The number of aliphatic carboxylic acids is 1. The molecule has 0 aliphatic rings. The van der Waals surface area contributed by atoms with Crippen LogP contribution in [0.5, 0.6) is 5.75 Å². The Hall–Kier alpha value is -2.54. The van der Waals surface area contributed by atoms with E-state index in [9.17, 15) is 13.2 Å². The van der Waals surface area contributed by atoms with Crippen LogP contribution in [0.1, 0.15) is 6.42 Å². The van der Waals surface area contributed by atoms with Crippen LogP contribution < -0.4 is 9.64 Å². The normalized spacial score (nSPS) is 11.1. The van der Waals surface area contributed by atoms with Gasteiger partial charge in [-0.25, -0.2) is 8.42 Å². The highest BCUT2D eigenvalue weighted by atomic mass is 32.2. The van der Waals surface area contributed by atoms with Gasteiger partial charge in [0.1, 0.15) is 12.3 Å². The van der Waals surface area contributed by atoms with Gasteiger partial charge in [0, 0.05) is 18.5 Å². The van der Waals surface area contributed by atoms with Crippen molar-refractivity contribution in [3.63, 3.8) is 0 Å². The number of carboxylic acids is 1. The summed E-state index contributed by atoms with van der Waals surface area (Å²) < 4.78 is 28.4. The van der Waals surface area contributed by atoms with E-state index in [0.29, 0.717) is 25.3 Å². The molecule has 0 unspecified atom stereocenters. The molecular formula is C18H21NO5S. The molecule has 0 saturated carbocycles. The molecule has 25 heavy (non-hydrogen) atoms. The molecule has 1 N–H and O–H groups in total. The van der Waals surface area contributed by atoms with E-state index in [-0.39, 0.29) is 11.4 Å². The molecule has 0 heterocycles. The first-order chi connectivity index (χ1) is 11.9. The molecule has 0 spiro atoms. The maximum absolute atomic E-state index is 11.4. The molecule has 0 bridgehead atoms. The van der Waals surface area contributed by atoms with E-state index in [0.717, 1.165) is 11.9 Å². The molecule has 2 rings (SSSR count). The molecule has 7 heteroatoms. The summed E-state index contributed by atoms with van der Waals surface area (Å²) in [6.45, 7) is 0.867. The second-order valence-electron chi connectivity index (χ2n) is 5.60. The van der Waals surface area contributed by atoms with Crippen LogP contribution >= 0.6 is 0 Å². The van der Waals surface area contributed by atoms with Crippen molar-refractivity contribution < 1.29 is 23.1 Å². The van der Waals surface area contributed by atoms with Crippen molar-refractivity contribution in [2.75, 3.05) is 30.9 Å². The Morgan fingerprint density at radius 3 is 2.28 bits per heavy atom. The number of benzene rings is 2. The van der Waals surface area contributed by atoms with E-state index in [1.54, 1.807) is 17.0 Å². The van der Waals surface area contributed by atoms with E-state index < -0.39 is 15.8 Å². The number of sulfone groups is 1. The molecular weight excluding hydrogens is 342 g/mol. The molecule has 0 fully saturated rings. The number of rotatable bonds is 9. The minimum absolute atomic E-state index is 0.0763. The molecule has 134 valence electrons. The fourth-order valence-corrected chi connectivity index (χ4v) is 2.96. The van der Waals surface area contributed by atoms with Crippen LogP contribution in [0.2, 0.25) is 0 Å². The Balaban J connectivity index is 1.87. The second-order valence-corrected chi connectivity index (χ2v) is 7.61. The summed E-state index contributed by atoms with van der Waals surface area (Å²) in [4.78, 5) is 13.1. The first-order valence-electron chi connectivity index (χ1n) is 7.81. The maximum Gasteiger partial charge on any atom is 0.323 e. The fraction of sp³-hybridized carbons (Fsp3) is 0.278. The number of hydrogen-bond acceptors (Lipinski definition) is 5. The van der Waals surface area contributed by atoms with E-state index in [2.05, 4.69) is 0 Å². The van der Waals surface area contributed by atoms with Crippen molar-refractivity contribution in [3.05, 3.63) is 54.6 Å². The molecule has 0 atom stereocenters. The third kappa shape index (κ3) is 6.11. The van der Waals surface area contributed by atoms with E-state index in [4.69, 9.17) is 9.84 Å². The number of anilines is 1. The number of para-hydroxylation sites is 1. The predicted molar refractivity (Wildman–Crippen MR) is 96.0 cm³/mol. The zero-order chi connectivity index (χ0) is 18.3. The smallest absolute Gasteiger partial charge is 0.323 e. The third-order valence-electron chi connectivity index (χ3n) is 3.54. The molecule has 0 saturated heterocycles. The monoisotopic (exact) mass is 363 g/mol. The van der Waals surface area contributed by atoms with Gasteiger partial charge in [0.05, 0.1) is 11.5 Å². The number of nitrogens with zero attached hydrogens (tertiary/aromatic N) is 1. The Morgan fingerprint density at radius 2 is 1.72 bits per heavy atom. The molecule has 0 aromatic heterocycles. The quantitative estimate of drug-likeness (QED) is 0.689. The minimum Gasteiger partial charge on any atom is -0.494 e. The molecule has 0 aliphatic carbocycles. The van der Waals surface area contributed by atoms with Crippen LogP contribution in [0.3, 0.4) is 0 Å². The van der Waals surface area contributed by atoms with Gasteiger partial charge in [-0.3, -0.25) is 4.79 Å². The largest absolute Gasteiger partial charge is 0.494 e. The summed E-state index contributed by atoms with van der Waals surface area (Å²) in [6.07, 6.45) is 1.79. The SMILES string of the molecule is CS(=O)(=O)c1ccc(OCCCN(CC(=O)O)c2ccccc2)cc1. The van der Waals surface area contributed by atoms with E-state index >= 15 is 0 Å². The average Bonchev–Trinajstić information content (AvgIpc) is 2.58. The van der Waals surface area contributed by atoms with Crippen LogP contribution in [0.4, 0.5) is 5.69 Å². The van der Waals surface area contributed by atoms with Gasteiger partial charge in [-0.1, -0.05) is 18.2 Å². The lowest BCUT2D eigenvalue weighted by Gasteiger charge is -2.22. The second kappa shape index (κ2) is 8.53. The van der Waals surface area contributed by atoms with E-state index in [1.807, 2.05) is 30.3 Å². The van der Waals surface area contributed by atoms with Crippen LogP contribution in [-0.4, -0.2) is 45.4 Å². The Morgan fingerprint density at radius 1 is 1.08 bits per heavy atom. The summed E-state index contributed by atoms with van der Waals surface area (Å²) in [5.41, 5.74) is 0.849. The van der Waals surface area contributed by atoms with Gasteiger partial charge in [-0.15, -0.1) is 0 Å². The fourth-order valence-electron chi connectivity index (χ4n) is 2.33. The molecule has 6 nitrogen and oxygen atoms in total. The number of carboxylic acid groups (broad SMARTS) is 1. The number of ether oxygens (including phenoxy) is 1. The standard InChI is InChI=1S/C18H21NO5S/c1-25(22,23)17-10-8-16(9-11-17)24-13-5-12-19(14-18(20)21)15-6-3-2-4-7-15/h2-4,6-11H,5,12-14H2,1H3,(H,20,21). The zero-order valence-electron chi connectivity index (χ0n) is 14.0. The van der Waals surface area contributed by atoms with Crippen molar-refractivity contribution in [1.29, 1.82) is 0 Å². The van der Waals surface area contributed by atoms with Gasteiger partial charge in [-0.05, 0) is 42.8 Å². The van der Waals surface area contributed by atoms with Crippen LogP contribution in [-0.2, 0) is 14.6 Å². The lowest BCUT2D eigenvalue weighted by Crippen LogP contribution is -2.31. The van der Waals surface area contributed by atoms with Gasteiger partial charge in [0.15, 0.2) is 9.84 Å². The van der Waals surface area contributed by atoms with Gasteiger partial charge in [0.25, 0.3) is 0 Å². The molecule has 0 radical (unpaired) electrons. The highest BCUT2D eigenvalue weighted by Crippen LogP contribution is 2.17. The first-order valence-corrected chi connectivity index (χ1v) is 9.70. The summed E-state index contributed by atoms with van der Waals surface area (Å²) in [5.74, 6) is -0.307. The van der Waals surface area contributed by atoms with Crippen molar-refractivity contribution in [3.8, 4) is 5.75 Å². The van der Waals surface area contributed by atoms with Gasteiger partial charge < -0.3 is 14.7 Å². The minimum atomic E-state index is -3.22. The summed E-state index contributed by atoms with van der Waals surface area (Å²) in [7, 11) is -3.22. The summed E-state index contributed by atoms with van der Waals surface area (Å²) in [6, 6.07) is 15.6. The summed E-state index contributed by atoms with van der Waals surface area (Å²) >= 11 is 0. The maximum atomic E-state index is 11.4. The highest BCUT2D eigenvalue weighted by molar-refractivity contribution is 7.90. The van der Waals surface area contributed by atoms with Crippen molar-refractivity contribution in [2.24, 2.45) is 0 Å². The van der Waals surface area contributed by atoms with Gasteiger partial charge in [-0.2, -0.15) is 0 Å². The number of hydrogen-bond donors (Lipinski definition) is 1. The average molecular weight is 363 g/mol. The van der Waals surface area contributed by atoms with Crippen LogP contribution in [0.25, 0.3) is 0 Å². The van der Waals surface area contributed by atoms with Crippen molar-refractivity contribution >= 4 is 21.5 Å². The zero-order valence-corrected chi connectivity index (χ0v) is 14.8. The third-order valence-corrected chi connectivity index (χ3v) is 4.67. The Bertz CT molecular complexity index is 788. The molecule has 2 aromatic carbocycles. The number of carbonyl (C=O) groups is 1. The van der Waals surface area contributed by atoms with Crippen LogP contribution in [0.15, 0.2) is 59.5 Å². The molecule has 0 aliphatic heterocycles. The lowest BCUT2D eigenvalue weighted by atomic mass is 10.2. The highest BCUT2D eigenvalue weighted by Gasteiger charge is 2.10. The Labute approximate surface area is 147 Å². The van der Waals surface area contributed by atoms with E-state index in [1.165, 1.54) is 12.1 Å². The van der Waals surface area contributed by atoms with Gasteiger partial charge >= 0.3 is 5.97 Å². The first kappa shape index (κ1) is 18.8. The van der Waals surface area contributed by atoms with Gasteiger partial charge in [0.2, 0.25) is 0 Å². The molecule has 2 aromatic rings. The lowest BCUT2D eigenvalue weighted by molar-refractivity contribution is -0.135. The topological polar surface area (TPSA) is 83.9 Å². The van der Waals surface area contributed by atoms with Crippen molar-refractivity contribution in [1.82, 2.24) is 0 Å².